The Hall–Kier alpha value is -2.93. The topological polar surface area (TPSA) is 63.0 Å². The van der Waals surface area contributed by atoms with Gasteiger partial charge in [-0.25, -0.2) is 4.98 Å². The van der Waals surface area contributed by atoms with Gasteiger partial charge in [-0.1, -0.05) is 12.1 Å². The van der Waals surface area contributed by atoms with Gasteiger partial charge in [-0.05, 0) is 55.5 Å². The summed E-state index contributed by atoms with van der Waals surface area (Å²) in [6.45, 7) is 6.52. The van der Waals surface area contributed by atoms with E-state index in [-0.39, 0.29) is 11.3 Å². The quantitative estimate of drug-likeness (QED) is 0.656. The van der Waals surface area contributed by atoms with E-state index >= 15 is 0 Å². The monoisotopic (exact) mass is 417 g/mol. The molecule has 31 heavy (non-hydrogen) atoms. The van der Waals surface area contributed by atoms with Gasteiger partial charge in [0.25, 0.3) is 0 Å². The summed E-state index contributed by atoms with van der Waals surface area (Å²) < 4.78 is 7.52. The highest BCUT2D eigenvalue weighted by molar-refractivity contribution is 5.95. The predicted molar refractivity (Wildman–Crippen MR) is 117 cm³/mol. The average molecular weight is 418 g/mol. The molecular formula is C24H27N5O2. The highest BCUT2D eigenvalue weighted by atomic mass is 16.5. The van der Waals surface area contributed by atoms with Crippen LogP contribution in [0.15, 0.2) is 36.5 Å². The SMILES string of the molecule is Cc1cc(N2CC3(CCN(Cc4ccc5c(c4)OCC5)CC3)CC2=O)n2nccc2n1. The molecule has 6 rings (SSSR count). The van der Waals surface area contributed by atoms with Gasteiger partial charge >= 0.3 is 0 Å². The molecule has 0 unspecified atom stereocenters. The molecular weight excluding hydrogens is 390 g/mol. The first-order chi connectivity index (χ1) is 15.1. The van der Waals surface area contributed by atoms with E-state index in [1.807, 2.05) is 24.0 Å². The first-order valence-electron chi connectivity index (χ1n) is 11.2. The second kappa shape index (κ2) is 7.05. The summed E-state index contributed by atoms with van der Waals surface area (Å²) in [6, 6.07) is 10.5. The van der Waals surface area contributed by atoms with E-state index in [1.165, 1.54) is 11.1 Å². The maximum atomic E-state index is 13.0. The summed E-state index contributed by atoms with van der Waals surface area (Å²) in [4.78, 5) is 22.0. The third-order valence-corrected chi connectivity index (χ3v) is 7.15. The molecule has 7 heteroatoms. The molecule has 0 radical (unpaired) electrons. The van der Waals surface area contributed by atoms with Crippen LogP contribution in [0.3, 0.4) is 0 Å². The maximum absolute atomic E-state index is 13.0. The number of ether oxygens (including phenoxy) is 1. The minimum atomic E-state index is 0.0608. The molecule has 2 saturated heterocycles. The van der Waals surface area contributed by atoms with E-state index < -0.39 is 0 Å². The molecule has 0 N–H and O–H groups in total. The third-order valence-electron chi connectivity index (χ3n) is 7.15. The summed E-state index contributed by atoms with van der Waals surface area (Å²) in [6.07, 6.45) is 5.47. The zero-order chi connectivity index (χ0) is 21.0. The van der Waals surface area contributed by atoms with Crippen molar-refractivity contribution in [3.8, 4) is 5.75 Å². The van der Waals surface area contributed by atoms with E-state index in [2.05, 4.69) is 33.2 Å². The Morgan fingerprint density at radius 1 is 1.16 bits per heavy atom. The number of nitrogens with zero attached hydrogens (tertiary/aromatic N) is 5. The fraction of sp³-hybridized carbons (Fsp3) is 0.458. The number of aromatic nitrogens is 3. The predicted octanol–water partition coefficient (Wildman–Crippen LogP) is 2.99. The van der Waals surface area contributed by atoms with E-state index in [0.29, 0.717) is 6.42 Å². The van der Waals surface area contributed by atoms with Crippen LogP contribution in [0.25, 0.3) is 5.65 Å². The number of benzene rings is 1. The standard InChI is InChI=1S/C24H27N5O2/c1-17-12-22(29-21(26-17)4-8-25-29)28-16-24(14-23(28)30)6-9-27(10-7-24)15-18-2-3-19-5-11-31-20(19)13-18/h2-4,8,12-13H,5-7,9-11,14-16H2,1H3. The van der Waals surface area contributed by atoms with Crippen LogP contribution in [-0.4, -0.2) is 51.6 Å². The van der Waals surface area contributed by atoms with Crippen molar-refractivity contribution in [1.29, 1.82) is 0 Å². The van der Waals surface area contributed by atoms with Crippen molar-refractivity contribution < 1.29 is 9.53 Å². The van der Waals surface area contributed by atoms with Crippen molar-refractivity contribution in [2.45, 2.75) is 39.2 Å². The van der Waals surface area contributed by atoms with E-state index in [9.17, 15) is 4.79 Å². The number of likely N-dealkylation sites (tertiary alicyclic amines) is 1. The fourth-order valence-electron chi connectivity index (χ4n) is 5.40. The smallest absolute Gasteiger partial charge is 0.228 e. The Balaban J connectivity index is 1.16. The lowest BCUT2D eigenvalue weighted by Crippen LogP contribution is -2.41. The summed E-state index contributed by atoms with van der Waals surface area (Å²) in [5.41, 5.74) is 4.39. The van der Waals surface area contributed by atoms with Gasteiger partial charge in [0, 0.05) is 43.8 Å². The number of anilines is 1. The first-order valence-corrected chi connectivity index (χ1v) is 11.2. The minimum Gasteiger partial charge on any atom is -0.493 e. The largest absolute Gasteiger partial charge is 0.493 e. The molecule has 0 saturated carbocycles. The van der Waals surface area contributed by atoms with Crippen LogP contribution < -0.4 is 9.64 Å². The second-order valence-electron chi connectivity index (χ2n) is 9.33. The second-order valence-corrected chi connectivity index (χ2v) is 9.33. The molecule has 1 aromatic carbocycles. The van der Waals surface area contributed by atoms with Gasteiger partial charge in [-0.15, -0.1) is 0 Å². The van der Waals surface area contributed by atoms with Crippen molar-refractivity contribution in [1.82, 2.24) is 19.5 Å². The number of amides is 1. The van der Waals surface area contributed by atoms with E-state index in [0.717, 1.165) is 75.0 Å². The van der Waals surface area contributed by atoms with Crippen molar-refractivity contribution >= 4 is 17.4 Å². The number of carbonyl (C=O) groups excluding carboxylic acids is 1. The average Bonchev–Trinajstić information content (AvgIpc) is 3.48. The molecule has 0 aliphatic carbocycles. The van der Waals surface area contributed by atoms with Crippen LogP contribution in [0, 0.1) is 12.3 Å². The number of hydrogen-bond donors (Lipinski definition) is 0. The molecule has 3 aliphatic heterocycles. The van der Waals surface area contributed by atoms with E-state index in [4.69, 9.17) is 4.74 Å². The van der Waals surface area contributed by atoms with Gasteiger partial charge in [-0.2, -0.15) is 9.61 Å². The van der Waals surface area contributed by atoms with Crippen molar-refractivity contribution in [2.24, 2.45) is 5.41 Å². The Bertz CT molecular complexity index is 1160. The summed E-state index contributed by atoms with van der Waals surface area (Å²) in [7, 11) is 0. The lowest BCUT2D eigenvalue weighted by molar-refractivity contribution is -0.118. The molecule has 7 nitrogen and oxygen atoms in total. The first kappa shape index (κ1) is 18.8. The van der Waals surface area contributed by atoms with Gasteiger partial charge in [0.2, 0.25) is 5.91 Å². The molecule has 1 amide bonds. The van der Waals surface area contributed by atoms with Crippen LogP contribution in [0.5, 0.6) is 5.75 Å². The molecule has 2 aromatic heterocycles. The third kappa shape index (κ3) is 3.28. The van der Waals surface area contributed by atoms with Crippen LogP contribution in [0.2, 0.25) is 0 Å². The normalized spacial score (nSPS) is 20.5. The summed E-state index contributed by atoms with van der Waals surface area (Å²) in [5.74, 6) is 2.10. The highest BCUT2D eigenvalue weighted by Crippen LogP contribution is 2.43. The molecule has 160 valence electrons. The van der Waals surface area contributed by atoms with Gasteiger partial charge in [-0.3, -0.25) is 14.6 Å². The number of piperidine rings is 1. The van der Waals surface area contributed by atoms with Gasteiger partial charge in [0.15, 0.2) is 5.65 Å². The number of carbonyl (C=O) groups is 1. The lowest BCUT2D eigenvalue weighted by atomic mass is 9.77. The van der Waals surface area contributed by atoms with Crippen molar-refractivity contribution in [3.05, 3.63) is 53.3 Å². The lowest BCUT2D eigenvalue weighted by Gasteiger charge is -2.38. The molecule has 2 fully saturated rings. The number of aryl methyl sites for hydroxylation is 1. The molecule has 0 atom stereocenters. The fourth-order valence-corrected chi connectivity index (χ4v) is 5.40. The van der Waals surface area contributed by atoms with Crippen LogP contribution in [0.1, 0.15) is 36.1 Å². The minimum absolute atomic E-state index is 0.0608. The van der Waals surface area contributed by atoms with Crippen LogP contribution in [-0.2, 0) is 17.8 Å². The van der Waals surface area contributed by atoms with Crippen LogP contribution >= 0.6 is 0 Å². The molecule has 3 aromatic rings. The Morgan fingerprint density at radius 2 is 2.03 bits per heavy atom. The molecule has 3 aliphatic rings. The molecule has 0 bridgehead atoms. The van der Waals surface area contributed by atoms with Gasteiger partial charge in [0.1, 0.15) is 11.6 Å². The zero-order valence-corrected chi connectivity index (χ0v) is 17.9. The van der Waals surface area contributed by atoms with Gasteiger partial charge < -0.3 is 4.74 Å². The highest BCUT2D eigenvalue weighted by Gasteiger charge is 2.46. The molecule has 1 spiro atoms. The van der Waals surface area contributed by atoms with Crippen molar-refractivity contribution in [3.63, 3.8) is 0 Å². The number of rotatable bonds is 3. The van der Waals surface area contributed by atoms with E-state index in [1.54, 1.807) is 10.7 Å². The number of fused-ring (bicyclic) bond motifs is 2. The number of hydrogen-bond acceptors (Lipinski definition) is 5. The Morgan fingerprint density at radius 3 is 2.90 bits per heavy atom. The molecule has 5 heterocycles. The summed E-state index contributed by atoms with van der Waals surface area (Å²) in [5, 5.41) is 4.40. The Labute approximate surface area is 181 Å². The van der Waals surface area contributed by atoms with Crippen LogP contribution in [0.4, 0.5) is 5.82 Å². The zero-order valence-electron chi connectivity index (χ0n) is 17.9. The summed E-state index contributed by atoms with van der Waals surface area (Å²) >= 11 is 0. The Kier molecular flexibility index (Phi) is 4.28. The van der Waals surface area contributed by atoms with Gasteiger partial charge in [0.05, 0.1) is 12.8 Å². The maximum Gasteiger partial charge on any atom is 0.228 e. The van der Waals surface area contributed by atoms with Crippen molar-refractivity contribution in [2.75, 3.05) is 31.1 Å².